The molecule has 24 heavy (non-hydrogen) atoms. The van der Waals surface area contributed by atoms with Crippen LogP contribution in [-0.4, -0.2) is 43.7 Å². The fraction of sp³-hybridized carbons (Fsp3) is 0.722. The van der Waals surface area contributed by atoms with Crippen molar-refractivity contribution in [1.29, 1.82) is 0 Å². The summed E-state index contributed by atoms with van der Waals surface area (Å²) < 4.78 is 6.09. The van der Waals surface area contributed by atoms with Gasteiger partial charge in [0.05, 0.1) is 6.10 Å². The number of hydrogen-bond acceptors (Lipinski definition) is 3. The second-order valence-electron chi connectivity index (χ2n) is 7.34. The van der Waals surface area contributed by atoms with E-state index in [4.69, 9.17) is 4.74 Å². The van der Waals surface area contributed by atoms with Crippen LogP contribution in [0.25, 0.3) is 0 Å². The molecule has 0 amide bonds. The number of nitrogens with one attached hydrogen (secondary N) is 1. The molecule has 1 aromatic rings. The topological polar surface area (TPSA) is 36.9 Å². The fourth-order valence-corrected chi connectivity index (χ4v) is 5.78. The van der Waals surface area contributed by atoms with Crippen LogP contribution >= 0.6 is 35.3 Å². The van der Waals surface area contributed by atoms with E-state index in [1.807, 2.05) is 7.05 Å². The largest absolute Gasteiger partial charge is 0.377 e. The summed E-state index contributed by atoms with van der Waals surface area (Å²) in [6.45, 7) is 1.85. The molecule has 2 aliphatic carbocycles. The Balaban J connectivity index is 0.00000169. The summed E-state index contributed by atoms with van der Waals surface area (Å²) in [5.74, 6) is 1.71. The molecule has 3 fully saturated rings. The average Bonchev–Trinajstić information content (AvgIpc) is 3.28. The van der Waals surface area contributed by atoms with Crippen molar-refractivity contribution in [1.82, 2.24) is 10.2 Å². The molecule has 3 aliphatic rings. The molecule has 1 N–H and O–H groups in total. The van der Waals surface area contributed by atoms with E-state index >= 15 is 0 Å². The maximum Gasteiger partial charge on any atom is 0.193 e. The lowest BCUT2D eigenvalue weighted by Gasteiger charge is -2.57. The summed E-state index contributed by atoms with van der Waals surface area (Å²) >= 11 is 1.75. The quantitative estimate of drug-likeness (QED) is 0.424. The van der Waals surface area contributed by atoms with Crippen molar-refractivity contribution in [2.75, 3.05) is 20.7 Å². The molecule has 0 aromatic carbocycles. The zero-order valence-corrected chi connectivity index (χ0v) is 17.7. The number of thiophene rings is 1. The molecule has 3 unspecified atom stereocenters. The van der Waals surface area contributed by atoms with E-state index in [1.54, 1.807) is 11.3 Å². The number of ether oxygens (including phenoxy) is 1. The van der Waals surface area contributed by atoms with Crippen molar-refractivity contribution < 1.29 is 4.74 Å². The zero-order chi connectivity index (χ0) is 15.9. The molecular weight excluding hydrogens is 433 g/mol. The second-order valence-corrected chi connectivity index (χ2v) is 8.12. The highest BCUT2D eigenvalue weighted by Crippen LogP contribution is 2.60. The summed E-state index contributed by atoms with van der Waals surface area (Å²) in [5.41, 5.74) is 1.73. The van der Waals surface area contributed by atoms with Crippen molar-refractivity contribution in [3.8, 4) is 0 Å². The van der Waals surface area contributed by atoms with Crippen LogP contribution in [0, 0.1) is 11.3 Å². The van der Waals surface area contributed by atoms with Gasteiger partial charge in [0.25, 0.3) is 0 Å². The standard InChI is InChI=1S/C18H27N3OS.HI/c1-19-17(21(2)11-13-6-10-23-12-13)20-15-14-5-9-22-16(14)18(15)7-3-4-8-18;/h6,10,12,14-16H,3-5,7-9,11H2,1-2H3,(H,19,20);1H. The number of fused-ring (bicyclic) bond motifs is 2. The first-order valence-corrected chi connectivity index (χ1v) is 9.76. The Morgan fingerprint density at radius 3 is 2.92 bits per heavy atom. The second kappa shape index (κ2) is 7.50. The Hall–Kier alpha value is -0.340. The molecular formula is C18H28IN3OS. The number of halogens is 1. The van der Waals surface area contributed by atoms with Crippen molar-refractivity contribution in [2.24, 2.45) is 16.3 Å². The third-order valence-corrected chi connectivity index (χ3v) is 6.88. The predicted octanol–water partition coefficient (Wildman–Crippen LogP) is 3.72. The smallest absolute Gasteiger partial charge is 0.193 e. The highest BCUT2D eigenvalue weighted by molar-refractivity contribution is 14.0. The van der Waals surface area contributed by atoms with Gasteiger partial charge in [0.2, 0.25) is 0 Å². The first kappa shape index (κ1) is 18.5. The van der Waals surface area contributed by atoms with Gasteiger partial charge in [-0.2, -0.15) is 11.3 Å². The van der Waals surface area contributed by atoms with Crippen LogP contribution in [0.15, 0.2) is 21.8 Å². The summed E-state index contributed by atoms with van der Waals surface area (Å²) in [6, 6.07) is 2.73. The number of rotatable bonds is 3. The molecule has 4 rings (SSSR count). The molecule has 2 saturated carbocycles. The Morgan fingerprint density at radius 2 is 2.25 bits per heavy atom. The fourth-order valence-electron chi connectivity index (χ4n) is 5.12. The van der Waals surface area contributed by atoms with E-state index in [1.165, 1.54) is 37.7 Å². The molecule has 0 radical (unpaired) electrons. The number of aliphatic imine (C=N–C) groups is 1. The Morgan fingerprint density at radius 1 is 1.46 bits per heavy atom. The van der Waals surface area contributed by atoms with Gasteiger partial charge in [-0.05, 0) is 41.7 Å². The van der Waals surface area contributed by atoms with E-state index in [0.29, 0.717) is 23.5 Å². The minimum atomic E-state index is 0. The highest BCUT2D eigenvalue weighted by Gasteiger charge is 2.65. The van der Waals surface area contributed by atoms with E-state index in [-0.39, 0.29) is 24.0 Å². The first-order valence-electron chi connectivity index (χ1n) is 8.82. The molecule has 134 valence electrons. The van der Waals surface area contributed by atoms with E-state index in [2.05, 4.69) is 39.1 Å². The van der Waals surface area contributed by atoms with Crippen molar-refractivity contribution >= 4 is 41.3 Å². The summed E-state index contributed by atoms with van der Waals surface area (Å²) in [6.07, 6.45) is 7.05. The average molecular weight is 461 g/mol. The van der Waals surface area contributed by atoms with Crippen LogP contribution in [0.3, 0.4) is 0 Å². The highest BCUT2D eigenvalue weighted by atomic mass is 127. The predicted molar refractivity (Wildman–Crippen MR) is 110 cm³/mol. The Kier molecular flexibility index (Phi) is 5.76. The number of hydrogen-bond donors (Lipinski definition) is 1. The molecule has 3 atom stereocenters. The van der Waals surface area contributed by atoms with Crippen LogP contribution in [-0.2, 0) is 11.3 Å². The monoisotopic (exact) mass is 461 g/mol. The van der Waals surface area contributed by atoms with E-state index in [9.17, 15) is 0 Å². The van der Waals surface area contributed by atoms with Crippen LogP contribution in [0.2, 0.25) is 0 Å². The van der Waals surface area contributed by atoms with Gasteiger partial charge < -0.3 is 15.0 Å². The van der Waals surface area contributed by atoms with Crippen molar-refractivity contribution in [2.45, 2.75) is 50.8 Å². The number of guanidine groups is 1. The maximum atomic E-state index is 6.09. The maximum absolute atomic E-state index is 6.09. The minimum Gasteiger partial charge on any atom is -0.377 e. The molecule has 1 aromatic heterocycles. The third kappa shape index (κ3) is 2.98. The van der Waals surface area contributed by atoms with Gasteiger partial charge in [0, 0.05) is 44.6 Å². The molecule has 2 heterocycles. The Labute approximate surface area is 166 Å². The zero-order valence-electron chi connectivity index (χ0n) is 14.5. The molecule has 1 spiro atoms. The lowest BCUT2D eigenvalue weighted by molar-refractivity contribution is -0.125. The van der Waals surface area contributed by atoms with Gasteiger partial charge >= 0.3 is 0 Å². The van der Waals surface area contributed by atoms with E-state index in [0.717, 1.165) is 19.1 Å². The molecule has 0 bridgehead atoms. The van der Waals surface area contributed by atoms with E-state index < -0.39 is 0 Å². The van der Waals surface area contributed by atoms with Gasteiger partial charge in [-0.25, -0.2) is 0 Å². The van der Waals surface area contributed by atoms with Gasteiger partial charge in [-0.1, -0.05) is 12.8 Å². The lowest BCUT2D eigenvalue weighted by Crippen LogP contribution is -2.69. The molecule has 4 nitrogen and oxygen atoms in total. The number of nitrogens with zero attached hydrogens (tertiary/aromatic N) is 2. The lowest BCUT2D eigenvalue weighted by atomic mass is 9.54. The third-order valence-electron chi connectivity index (χ3n) is 6.14. The van der Waals surface area contributed by atoms with Crippen LogP contribution in [0.4, 0.5) is 0 Å². The SMILES string of the molecule is CN=C(NC1C2CCOC2C12CCCC2)N(C)Cc1ccsc1.I. The van der Waals surface area contributed by atoms with Crippen LogP contribution < -0.4 is 5.32 Å². The summed E-state index contributed by atoms with van der Waals surface area (Å²) in [4.78, 5) is 6.80. The Bertz CT molecular complexity index is 571. The summed E-state index contributed by atoms with van der Waals surface area (Å²) in [5, 5.41) is 8.17. The van der Waals surface area contributed by atoms with Crippen molar-refractivity contribution in [3.63, 3.8) is 0 Å². The van der Waals surface area contributed by atoms with Gasteiger partial charge in [0.1, 0.15) is 0 Å². The summed E-state index contributed by atoms with van der Waals surface area (Å²) in [7, 11) is 4.03. The van der Waals surface area contributed by atoms with Gasteiger partial charge in [0.15, 0.2) is 5.96 Å². The van der Waals surface area contributed by atoms with Gasteiger partial charge in [-0.3, -0.25) is 4.99 Å². The first-order chi connectivity index (χ1) is 11.2. The molecule has 6 heteroatoms. The molecule has 1 aliphatic heterocycles. The van der Waals surface area contributed by atoms with Crippen LogP contribution in [0.1, 0.15) is 37.7 Å². The normalized spacial score (nSPS) is 30.6. The molecule has 1 saturated heterocycles. The van der Waals surface area contributed by atoms with Gasteiger partial charge in [-0.15, -0.1) is 24.0 Å². The van der Waals surface area contributed by atoms with Crippen LogP contribution in [0.5, 0.6) is 0 Å². The minimum absolute atomic E-state index is 0. The van der Waals surface area contributed by atoms with Crippen molar-refractivity contribution in [3.05, 3.63) is 22.4 Å².